The van der Waals surface area contributed by atoms with Gasteiger partial charge in [0, 0.05) is 6.07 Å². The molecule has 0 radical (unpaired) electrons. The van der Waals surface area contributed by atoms with Gasteiger partial charge in [0.2, 0.25) is 0 Å². The summed E-state index contributed by atoms with van der Waals surface area (Å²) in [6.07, 6.45) is 0. The van der Waals surface area contributed by atoms with Crippen LogP contribution >= 0.6 is 11.6 Å². The Hall–Kier alpha value is -2.67. The minimum atomic E-state index is -1.52. The third-order valence-electron chi connectivity index (χ3n) is 2.53. The lowest BCUT2D eigenvalue weighted by molar-refractivity contribution is -0.384. The first kappa shape index (κ1) is 14.7. The van der Waals surface area contributed by atoms with E-state index in [2.05, 4.69) is 0 Å². The van der Waals surface area contributed by atoms with Gasteiger partial charge in [0.15, 0.2) is 5.75 Å². The maximum absolute atomic E-state index is 13.5. The van der Waals surface area contributed by atoms with Crippen molar-refractivity contribution >= 4 is 23.3 Å². The summed E-state index contributed by atoms with van der Waals surface area (Å²) in [6.45, 7) is 0. The molecule has 0 heterocycles. The van der Waals surface area contributed by atoms with Crippen LogP contribution in [0.5, 0.6) is 11.5 Å². The SMILES string of the molecule is O=C(O)c1c(F)cccc1Oc1cc([N+](=O)[O-])ccc1Cl. The highest BCUT2D eigenvalue weighted by atomic mass is 35.5. The van der Waals surface area contributed by atoms with Crippen molar-refractivity contribution in [3.8, 4) is 11.5 Å². The number of benzene rings is 2. The van der Waals surface area contributed by atoms with E-state index in [1.54, 1.807) is 0 Å². The van der Waals surface area contributed by atoms with Crippen LogP contribution < -0.4 is 4.74 Å². The van der Waals surface area contributed by atoms with Crippen molar-refractivity contribution in [2.75, 3.05) is 0 Å². The Bertz CT molecular complexity index is 734. The minimum Gasteiger partial charge on any atom is -0.477 e. The third kappa shape index (κ3) is 3.09. The molecule has 0 fully saturated rings. The van der Waals surface area contributed by atoms with Gasteiger partial charge >= 0.3 is 5.97 Å². The zero-order valence-electron chi connectivity index (χ0n) is 10.2. The van der Waals surface area contributed by atoms with E-state index in [-0.39, 0.29) is 22.2 Å². The number of hydrogen-bond acceptors (Lipinski definition) is 4. The molecule has 0 atom stereocenters. The topological polar surface area (TPSA) is 89.7 Å². The van der Waals surface area contributed by atoms with Gasteiger partial charge in [0.1, 0.15) is 17.1 Å². The molecule has 0 aromatic heterocycles. The molecule has 0 spiro atoms. The van der Waals surface area contributed by atoms with Crippen molar-refractivity contribution in [3.05, 3.63) is 62.9 Å². The Morgan fingerprint density at radius 1 is 1.29 bits per heavy atom. The molecule has 108 valence electrons. The molecule has 2 aromatic carbocycles. The first-order chi connectivity index (χ1) is 9.90. The minimum absolute atomic E-state index is 0.0289. The van der Waals surface area contributed by atoms with E-state index in [0.29, 0.717) is 0 Å². The van der Waals surface area contributed by atoms with Crippen molar-refractivity contribution in [1.82, 2.24) is 0 Å². The van der Waals surface area contributed by atoms with Crippen molar-refractivity contribution < 1.29 is 24.0 Å². The molecular weight excluding hydrogens is 305 g/mol. The fourth-order valence-electron chi connectivity index (χ4n) is 1.60. The highest BCUT2D eigenvalue weighted by Gasteiger charge is 2.19. The molecular formula is C13H7ClFNO5. The second kappa shape index (κ2) is 5.76. The number of carboxylic acid groups (broad SMARTS) is 1. The van der Waals surface area contributed by atoms with Crippen LogP contribution in [-0.4, -0.2) is 16.0 Å². The molecule has 0 aliphatic heterocycles. The summed E-state index contributed by atoms with van der Waals surface area (Å²) in [5, 5.41) is 19.7. The van der Waals surface area contributed by atoms with Gasteiger partial charge in [-0.25, -0.2) is 9.18 Å². The Morgan fingerprint density at radius 2 is 2.00 bits per heavy atom. The Morgan fingerprint density at radius 3 is 2.62 bits per heavy atom. The van der Waals surface area contributed by atoms with E-state index < -0.39 is 22.3 Å². The summed E-state index contributed by atoms with van der Waals surface area (Å²) in [5.74, 6) is -2.95. The largest absolute Gasteiger partial charge is 0.477 e. The van der Waals surface area contributed by atoms with E-state index in [1.165, 1.54) is 24.3 Å². The van der Waals surface area contributed by atoms with Gasteiger partial charge in [0.25, 0.3) is 5.69 Å². The molecule has 2 aromatic rings. The predicted octanol–water partition coefficient (Wildman–Crippen LogP) is 3.88. The third-order valence-corrected chi connectivity index (χ3v) is 2.85. The van der Waals surface area contributed by atoms with Gasteiger partial charge in [-0.15, -0.1) is 0 Å². The maximum Gasteiger partial charge on any atom is 0.342 e. The number of ether oxygens (including phenoxy) is 1. The number of carboxylic acids is 1. The van der Waals surface area contributed by atoms with Gasteiger partial charge < -0.3 is 9.84 Å². The summed E-state index contributed by atoms with van der Waals surface area (Å²) in [5.41, 5.74) is -0.970. The normalized spacial score (nSPS) is 10.2. The first-order valence-corrected chi connectivity index (χ1v) is 5.91. The second-order valence-corrected chi connectivity index (χ2v) is 4.30. The summed E-state index contributed by atoms with van der Waals surface area (Å²) in [6, 6.07) is 6.86. The van der Waals surface area contributed by atoms with Crippen LogP contribution in [-0.2, 0) is 0 Å². The fourth-order valence-corrected chi connectivity index (χ4v) is 1.76. The standard InChI is InChI=1S/C13H7ClFNO5/c14-8-5-4-7(16(19)20)6-11(8)21-10-3-1-2-9(15)12(10)13(17)18/h1-6H,(H,17,18). The Labute approximate surface area is 122 Å². The lowest BCUT2D eigenvalue weighted by atomic mass is 10.2. The zero-order valence-corrected chi connectivity index (χ0v) is 11.0. The van der Waals surface area contributed by atoms with Crippen molar-refractivity contribution in [2.45, 2.75) is 0 Å². The van der Waals surface area contributed by atoms with E-state index in [0.717, 1.165) is 12.1 Å². The quantitative estimate of drug-likeness (QED) is 0.683. The molecule has 0 unspecified atom stereocenters. The number of nitro benzene ring substituents is 1. The van der Waals surface area contributed by atoms with E-state index in [9.17, 15) is 19.3 Å². The summed E-state index contributed by atoms with van der Waals surface area (Å²) in [7, 11) is 0. The monoisotopic (exact) mass is 311 g/mol. The number of non-ortho nitro benzene ring substituents is 1. The van der Waals surface area contributed by atoms with Crippen LogP contribution in [0.15, 0.2) is 36.4 Å². The molecule has 8 heteroatoms. The molecule has 1 N–H and O–H groups in total. The number of nitro groups is 1. The number of nitrogens with zero attached hydrogens (tertiary/aromatic N) is 1. The Kier molecular flexibility index (Phi) is 4.04. The van der Waals surface area contributed by atoms with Crippen molar-refractivity contribution in [3.63, 3.8) is 0 Å². The number of rotatable bonds is 4. The van der Waals surface area contributed by atoms with E-state index in [4.69, 9.17) is 21.4 Å². The van der Waals surface area contributed by atoms with Gasteiger partial charge in [-0.05, 0) is 18.2 Å². The van der Waals surface area contributed by atoms with Crippen LogP contribution in [0.3, 0.4) is 0 Å². The molecule has 2 rings (SSSR count). The van der Waals surface area contributed by atoms with Crippen molar-refractivity contribution in [2.24, 2.45) is 0 Å². The van der Waals surface area contributed by atoms with Crippen LogP contribution in [0.25, 0.3) is 0 Å². The molecule has 0 saturated carbocycles. The lowest BCUT2D eigenvalue weighted by Gasteiger charge is -2.10. The smallest absolute Gasteiger partial charge is 0.342 e. The van der Waals surface area contributed by atoms with Gasteiger partial charge in [0.05, 0.1) is 16.0 Å². The fraction of sp³-hybridized carbons (Fsp3) is 0. The van der Waals surface area contributed by atoms with Crippen LogP contribution in [0.4, 0.5) is 10.1 Å². The van der Waals surface area contributed by atoms with E-state index >= 15 is 0 Å². The Balaban J connectivity index is 2.48. The molecule has 0 aliphatic carbocycles. The number of carbonyl (C=O) groups is 1. The highest BCUT2D eigenvalue weighted by molar-refractivity contribution is 6.32. The van der Waals surface area contributed by atoms with Crippen LogP contribution in [0.1, 0.15) is 10.4 Å². The molecule has 0 bridgehead atoms. The number of aromatic carboxylic acids is 1. The van der Waals surface area contributed by atoms with Crippen LogP contribution in [0, 0.1) is 15.9 Å². The first-order valence-electron chi connectivity index (χ1n) is 5.53. The van der Waals surface area contributed by atoms with Gasteiger partial charge in [-0.2, -0.15) is 0 Å². The van der Waals surface area contributed by atoms with Gasteiger partial charge in [-0.3, -0.25) is 10.1 Å². The summed E-state index contributed by atoms with van der Waals surface area (Å²) >= 11 is 5.83. The average Bonchev–Trinajstić information content (AvgIpc) is 2.40. The highest BCUT2D eigenvalue weighted by Crippen LogP contribution is 2.34. The summed E-state index contributed by atoms with van der Waals surface area (Å²) < 4.78 is 18.7. The number of hydrogen-bond donors (Lipinski definition) is 1. The summed E-state index contributed by atoms with van der Waals surface area (Å²) in [4.78, 5) is 21.1. The molecule has 6 nitrogen and oxygen atoms in total. The zero-order chi connectivity index (χ0) is 15.6. The average molecular weight is 312 g/mol. The maximum atomic E-state index is 13.5. The van der Waals surface area contributed by atoms with Crippen molar-refractivity contribution in [1.29, 1.82) is 0 Å². The molecule has 0 saturated heterocycles. The lowest BCUT2D eigenvalue weighted by Crippen LogP contribution is -2.03. The van der Waals surface area contributed by atoms with Crippen LogP contribution in [0.2, 0.25) is 5.02 Å². The predicted molar refractivity (Wildman–Crippen MR) is 71.5 cm³/mol. The molecule has 0 aliphatic rings. The second-order valence-electron chi connectivity index (χ2n) is 3.89. The van der Waals surface area contributed by atoms with E-state index in [1.807, 2.05) is 0 Å². The number of halogens is 2. The molecule has 0 amide bonds. The molecule has 21 heavy (non-hydrogen) atoms. The van der Waals surface area contributed by atoms with Gasteiger partial charge in [-0.1, -0.05) is 17.7 Å².